The third kappa shape index (κ3) is 3.61. The molecule has 2 N–H and O–H groups in total. The molecule has 3 heterocycles. The van der Waals surface area contributed by atoms with Crippen molar-refractivity contribution in [3.05, 3.63) is 88.4 Å². The lowest BCUT2D eigenvalue weighted by molar-refractivity contribution is 0.471. The Balaban J connectivity index is 1.84. The molecule has 1 atom stereocenters. The van der Waals surface area contributed by atoms with Crippen molar-refractivity contribution in [2.45, 2.75) is 13.0 Å². The predicted molar refractivity (Wildman–Crippen MR) is 110 cm³/mol. The fourth-order valence-corrected chi connectivity index (χ4v) is 3.25. The summed E-state index contributed by atoms with van der Waals surface area (Å²) in [6.07, 6.45) is 3.41. The van der Waals surface area contributed by atoms with Crippen LogP contribution in [0.2, 0.25) is 0 Å². The van der Waals surface area contributed by atoms with E-state index in [0.29, 0.717) is 16.9 Å². The number of benzene rings is 1. The quantitative estimate of drug-likeness (QED) is 0.485. The van der Waals surface area contributed by atoms with E-state index in [1.54, 1.807) is 12.4 Å². The molecule has 0 saturated heterocycles. The summed E-state index contributed by atoms with van der Waals surface area (Å²) in [4.78, 5) is 13.4. The second-order valence-electron chi connectivity index (χ2n) is 6.22. The van der Waals surface area contributed by atoms with E-state index in [2.05, 4.69) is 36.2 Å². The lowest BCUT2D eigenvalue weighted by Crippen LogP contribution is -2.15. The van der Waals surface area contributed by atoms with Gasteiger partial charge < -0.3 is 10.4 Å². The van der Waals surface area contributed by atoms with Crippen LogP contribution < -0.4 is 5.32 Å². The number of anilines is 1. The third-order valence-corrected chi connectivity index (χ3v) is 4.79. The second-order valence-corrected chi connectivity index (χ2v) is 7.14. The van der Waals surface area contributed by atoms with Crippen molar-refractivity contribution < 1.29 is 5.11 Å². The highest BCUT2D eigenvalue weighted by atomic mass is 79.9. The average Bonchev–Trinajstić information content (AvgIpc) is 2.68. The van der Waals surface area contributed by atoms with Gasteiger partial charge in [-0.3, -0.25) is 9.97 Å². The lowest BCUT2D eigenvalue weighted by Gasteiger charge is -2.21. The van der Waals surface area contributed by atoms with Gasteiger partial charge in [-0.05, 0) is 53.2 Å². The highest BCUT2D eigenvalue weighted by molar-refractivity contribution is 9.10. The molecular weight excluding hydrogens is 404 g/mol. The molecule has 6 heteroatoms. The molecule has 0 saturated carbocycles. The van der Waals surface area contributed by atoms with Crippen LogP contribution in [0.25, 0.3) is 10.9 Å². The van der Waals surface area contributed by atoms with Crippen LogP contribution >= 0.6 is 15.9 Å². The van der Waals surface area contributed by atoms with E-state index in [1.165, 1.54) is 0 Å². The minimum absolute atomic E-state index is 0.142. The monoisotopic (exact) mass is 420 g/mol. The zero-order valence-corrected chi connectivity index (χ0v) is 16.2. The van der Waals surface area contributed by atoms with Crippen LogP contribution in [0.5, 0.6) is 5.75 Å². The summed E-state index contributed by atoms with van der Waals surface area (Å²) >= 11 is 3.42. The number of phenols is 1. The van der Waals surface area contributed by atoms with E-state index in [0.717, 1.165) is 21.2 Å². The molecule has 0 aliphatic rings. The summed E-state index contributed by atoms with van der Waals surface area (Å²) in [6.45, 7) is 1.94. The van der Waals surface area contributed by atoms with Gasteiger partial charge in [-0.2, -0.15) is 0 Å². The van der Waals surface area contributed by atoms with Crippen LogP contribution in [0, 0.1) is 6.92 Å². The van der Waals surface area contributed by atoms with Gasteiger partial charge in [0.05, 0.1) is 11.7 Å². The smallest absolute Gasteiger partial charge is 0.147 e. The molecule has 0 aliphatic heterocycles. The van der Waals surface area contributed by atoms with Crippen molar-refractivity contribution in [1.29, 1.82) is 0 Å². The van der Waals surface area contributed by atoms with E-state index in [1.807, 2.05) is 61.5 Å². The fourth-order valence-electron chi connectivity index (χ4n) is 3.02. The molecule has 4 aromatic rings. The number of aryl methyl sites for hydroxylation is 1. The van der Waals surface area contributed by atoms with Crippen LogP contribution in [0.15, 0.2) is 71.5 Å². The number of halogens is 1. The van der Waals surface area contributed by atoms with Gasteiger partial charge in [0.2, 0.25) is 0 Å². The zero-order valence-electron chi connectivity index (χ0n) is 14.6. The Labute approximate surface area is 165 Å². The fraction of sp³-hybridized carbons (Fsp3) is 0.0952. The second kappa shape index (κ2) is 7.32. The first-order valence-electron chi connectivity index (χ1n) is 8.50. The summed E-state index contributed by atoms with van der Waals surface area (Å²) in [5.74, 6) is 0.855. The van der Waals surface area contributed by atoms with Gasteiger partial charge in [0.1, 0.15) is 17.1 Å². The number of fused-ring (bicyclic) bond motifs is 1. The van der Waals surface area contributed by atoms with Crippen LogP contribution in [-0.4, -0.2) is 20.1 Å². The molecule has 134 valence electrons. The molecule has 0 bridgehead atoms. The molecule has 0 radical (unpaired) electrons. The van der Waals surface area contributed by atoms with Crippen molar-refractivity contribution in [3.63, 3.8) is 0 Å². The first-order chi connectivity index (χ1) is 13.1. The van der Waals surface area contributed by atoms with Gasteiger partial charge in [0, 0.05) is 33.5 Å². The summed E-state index contributed by atoms with van der Waals surface area (Å²) in [6, 6.07) is 16.9. The SMILES string of the molecule is Cc1cccc(NC(c2ccc(Br)cn2)c2ccc3cccnc3c2O)n1. The zero-order chi connectivity index (χ0) is 18.8. The first-order valence-corrected chi connectivity index (χ1v) is 9.29. The molecule has 0 spiro atoms. The largest absolute Gasteiger partial charge is 0.505 e. The number of aromatic hydroxyl groups is 1. The molecule has 4 rings (SSSR count). The van der Waals surface area contributed by atoms with Gasteiger partial charge in [-0.1, -0.05) is 24.3 Å². The van der Waals surface area contributed by atoms with Crippen LogP contribution in [-0.2, 0) is 0 Å². The van der Waals surface area contributed by atoms with Crippen molar-refractivity contribution in [2.75, 3.05) is 5.32 Å². The summed E-state index contributed by atoms with van der Waals surface area (Å²) in [5, 5.41) is 15.2. The summed E-state index contributed by atoms with van der Waals surface area (Å²) in [7, 11) is 0. The predicted octanol–water partition coefficient (Wildman–Crippen LogP) is 5.00. The van der Waals surface area contributed by atoms with Gasteiger partial charge in [-0.15, -0.1) is 0 Å². The maximum atomic E-state index is 10.9. The number of pyridine rings is 3. The Kier molecular flexibility index (Phi) is 4.73. The van der Waals surface area contributed by atoms with E-state index >= 15 is 0 Å². The minimum Gasteiger partial charge on any atom is -0.505 e. The van der Waals surface area contributed by atoms with Crippen LogP contribution in [0.1, 0.15) is 23.0 Å². The molecule has 1 unspecified atom stereocenters. The first kappa shape index (κ1) is 17.4. The van der Waals surface area contributed by atoms with E-state index in [-0.39, 0.29) is 11.8 Å². The molecule has 0 fully saturated rings. The number of hydrogen-bond donors (Lipinski definition) is 2. The summed E-state index contributed by atoms with van der Waals surface area (Å²) in [5.41, 5.74) is 2.94. The van der Waals surface area contributed by atoms with Gasteiger partial charge >= 0.3 is 0 Å². The van der Waals surface area contributed by atoms with Gasteiger partial charge in [0.15, 0.2) is 0 Å². The molecule has 0 amide bonds. The Morgan fingerprint density at radius 3 is 2.67 bits per heavy atom. The number of aromatic nitrogens is 3. The summed E-state index contributed by atoms with van der Waals surface area (Å²) < 4.78 is 0.892. The van der Waals surface area contributed by atoms with Crippen molar-refractivity contribution in [2.24, 2.45) is 0 Å². The van der Waals surface area contributed by atoms with E-state index in [9.17, 15) is 5.11 Å². The number of nitrogens with zero attached hydrogens (tertiary/aromatic N) is 3. The number of hydrogen-bond acceptors (Lipinski definition) is 5. The van der Waals surface area contributed by atoms with E-state index in [4.69, 9.17) is 0 Å². The Hall–Kier alpha value is -2.99. The van der Waals surface area contributed by atoms with Crippen LogP contribution in [0.3, 0.4) is 0 Å². The number of nitrogens with one attached hydrogen (secondary N) is 1. The van der Waals surface area contributed by atoms with Crippen molar-refractivity contribution in [1.82, 2.24) is 15.0 Å². The maximum Gasteiger partial charge on any atom is 0.147 e. The molecular formula is C21H17BrN4O. The highest BCUT2D eigenvalue weighted by Gasteiger charge is 2.21. The lowest BCUT2D eigenvalue weighted by atomic mass is 9.99. The molecule has 5 nitrogen and oxygen atoms in total. The number of phenolic OH excluding ortho intramolecular Hbond substituents is 1. The Bertz CT molecular complexity index is 1100. The molecule has 27 heavy (non-hydrogen) atoms. The van der Waals surface area contributed by atoms with E-state index < -0.39 is 0 Å². The molecule has 1 aromatic carbocycles. The Morgan fingerprint density at radius 1 is 1.00 bits per heavy atom. The highest BCUT2D eigenvalue weighted by Crippen LogP contribution is 2.35. The standard InChI is InChI=1S/C21H17BrN4O/c1-13-4-2-6-18(25-13)26-20(17-10-8-15(22)12-24-17)16-9-7-14-5-3-11-23-19(14)21(16)27/h2-12,20,27H,1H3,(H,25,26). The minimum atomic E-state index is -0.376. The van der Waals surface area contributed by atoms with Crippen molar-refractivity contribution >= 4 is 32.7 Å². The van der Waals surface area contributed by atoms with Gasteiger partial charge in [-0.25, -0.2) is 4.98 Å². The van der Waals surface area contributed by atoms with Gasteiger partial charge in [0.25, 0.3) is 0 Å². The number of rotatable bonds is 4. The average molecular weight is 421 g/mol. The van der Waals surface area contributed by atoms with Crippen molar-refractivity contribution in [3.8, 4) is 5.75 Å². The van der Waals surface area contributed by atoms with Crippen LogP contribution in [0.4, 0.5) is 5.82 Å². The maximum absolute atomic E-state index is 10.9. The Morgan fingerprint density at radius 2 is 1.89 bits per heavy atom. The molecule has 0 aliphatic carbocycles. The third-order valence-electron chi connectivity index (χ3n) is 4.32. The topological polar surface area (TPSA) is 70.9 Å². The normalized spacial score (nSPS) is 12.1. The molecule has 3 aromatic heterocycles.